The number of anilines is 1. The molecule has 6 nitrogen and oxygen atoms in total. The largest absolute Gasteiger partial charge is 0.493 e. The zero-order valence-electron chi connectivity index (χ0n) is 15.7. The summed E-state index contributed by atoms with van der Waals surface area (Å²) >= 11 is 4.28. The summed E-state index contributed by atoms with van der Waals surface area (Å²) in [5.41, 5.74) is 1.64. The van der Waals surface area contributed by atoms with Gasteiger partial charge < -0.3 is 14.8 Å². The number of carbonyl (C=O) groups excluding carboxylic acids is 1. The highest BCUT2D eigenvalue weighted by atomic mass is 32.2. The lowest BCUT2D eigenvalue weighted by atomic mass is 10.2. The maximum Gasteiger partial charge on any atom is 0.234 e. The SMILES string of the molecule is COc1ccc(NC(=O)CSc2nnc(SCc3ccc(F)cc3)s2)cc1OC. The van der Waals surface area contributed by atoms with Crippen LogP contribution in [0.25, 0.3) is 0 Å². The first-order chi connectivity index (χ1) is 14.1. The topological polar surface area (TPSA) is 73.3 Å². The molecule has 0 spiro atoms. The van der Waals surface area contributed by atoms with E-state index in [1.54, 1.807) is 44.6 Å². The summed E-state index contributed by atoms with van der Waals surface area (Å²) in [5.74, 6) is 1.63. The highest BCUT2D eigenvalue weighted by molar-refractivity contribution is 8.03. The van der Waals surface area contributed by atoms with Gasteiger partial charge in [0.15, 0.2) is 20.2 Å². The fourth-order valence-electron chi connectivity index (χ4n) is 2.28. The lowest BCUT2D eigenvalue weighted by Crippen LogP contribution is -2.14. The highest BCUT2D eigenvalue weighted by Crippen LogP contribution is 2.32. The van der Waals surface area contributed by atoms with Crippen LogP contribution < -0.4 is 14.8 Å². The second-order valence-electron chi connectivity index (χ2n) is 5.66. The molecule has 3 aromatic rings. The molecular formula is C19H18FN3O3S3. The first-order valence-corrected chi connectivity index (χ1v) is 11.2. The Labute approximate surface area is 180 Å². The van der Waals surface area contributed by atoms with Gasteiger partial charge in [-0.25, -0.2) is 4.39 Å². The molecule has 152 valence electrons. The second kappa shape index (κ2) is 10.5. The normalized spacial score (nSPS) is 10.6. The van der Waals surface area contributed by atoms with E-state index in [0.717, 1.165) is 9.90 Å². The minimum absolute atomic E-state index is 0.155. The number of hydrogen-bond acceptors (Lipinski definition) is 8. The number of hydrogen-bond donors (Lipinski definition) is 1. The number of thioether (sulfide) groups is 2. The van der Waals surface area contributed by atoms with Gasteiger partial charge in [-0.15, -0.1) is 10.2 Å². The van der Waals surface area contributed by atoms with Crippen molar-refractivity contribution in [1.29, 1.82) is 0 Å². The molecule has 1 N–H and O–H groups in total. The van der Waals surface area contributed by atoms with Crippen LogP contribution in [-0.4, -0.2) is 36.1 Å². The monoisotopic (exact) mass is 451 g/mol. The lowest BCUT2D eigenvalue weighted by Gasteiger charge is -2.10. The molecule has 0 unspecified atom stereocenters. The van der Waals surface area contributed by atoms with Crippen molar-refractivity contribution >= 4 is 46.5 Å². The zero-order chi connectivity index (χ0) is 20.6. The van der Waals surface area contributed by atoms with Crippen molar-refractivity contribution < 1.29 is 18.7 Å². The standard InChI is InChI=1S/C19H18FN3O3S3/c1-25-15-8-7-14(9-16(15)26-2)21-17(24)11-28-19-23-22-18(29-19)27-10-12-3-5-13(20)6-4-12/h3-9H,10-11H2,1-2H3,(H,21,24). The van der Waals surface area contributed by atoms with Crippen LogP contribution in [0.5, 0.6) is 11.5 Å². The molecule has 0 saturated carbocycles. The number of halogens is 1. The van der Waals surface area contributed by atoms with E-state index in [2.05, 4.69) is 15.5 Å². The van der Waals surface area contributed by atoms with E-state index in [4.69, 9.17) is 9.47 Å². The molecule has 0 bridgehead atoms. The molecule has 0 fully saturated rings. The Morgan fingerprint density at radius 3 is 2.41 bits per heavy atom. The van der Waals surface area contributed by atoms with E-state index in [1.807, 2.05) is 0 Å². The smallest absolute Gasteiger partial charge is 0.234 e. The summed E-state index contributed by atoms with van der Waals surface area (Å²) in [7, 11) is 3.10. The number of nitrogens with one attached hydrogen (secondary N) is 1. The molecule has 0 aliphatic carbocycles. The number of ether oxygens (including phenoxy) is 2. The summed E-state index contributed by atoms with van der Waals surface area (Å²) in [5, 5.41) is 11.1. The second-order valence-corrected chi connectivity index (χ2v) is 9.08. The van der Waals surface area contributed by atoms with Gasteiger partial charge >= 0.3 is 0 Å². The van der Waals surface area contributed by atoms with Crippen LogP contribution in [0.1, 0.15) is 5.56 Å². The van der Waals surface area contributed by atoms with E-state index >= 15 is 0 Å². The Balaban J connectivity index is 1.47. The van der Waals surface area contributed by atoms with E-state index in [0.29, 0.717) is 27.3 Å². The maximum absolute atomic E-state index is 12.9. The Bertz CT molecular complexity index is 967. The highest BCUT2D eigenvalue weighted by Gasteiger charge is 2.11. The van der Waals surface area contributed by atoms with Gasteiger partial charge in [0.05, 0.1) is 20.0 Å². The molecule has 1 aromatic heterocycles. The Kier molecular flexibility index (Phi) is 7.73. The quantitative estimate of drug-likeness (QED) is 0.472. The van der Waals surface area contributed by atoms with Crippen LogP contribution in [-0.2, 0) is 10.5 Å². The summed E-state index contributed by atoms with van der Waals surface area (Å²) in [6, 6.07) is 11.6. The molecule has 29 heavy (non-hydrogen) atoms. The third-order valence-electron chi connectivity index (χ3n) is 3.66. The van der Waals surface area contributed by atoms with Gasteiger partial charge in [0.1, 0.15) is 5.82 Å². The van der Waals surface area contributed by atoms with Crippen LogP contribution in [0.15, 0.2) is 51.1 Å². The molecule has 2 aromatic carbocycles. The molecule has 0 radical (unpaired) electrons. The minimum atomic E-state index is -0.250. The summed E-state index contributed by atoms with van der Waals surface area (Å²) < 4.78 is 24.9. The predicted molar refractivity (Wildman–Crippen MR) is 115 cm³/mol. The third kappa shape index (κ3) is 6.34. The molecule has 1 amide bonds. The average Bonchev–Trinajstić information content (AvgIpc) is 3.19. The average molecular weight is 452 g/mol. The van der Waals surface area contributed by atoms with E-state index in [1.165, 1.54) is 47.0 Å². The molecule has 0 atom stereocenters. The first kappa shape index (κ1) is 21.4. The molecule has 3 rings (SSSR count). The van der Waals surface area contributed by atoms with Crippen LogP contribution in [0.3, 0.4) is 0 Å². The van der Waals surface area contributed by atoms with Crippen LogP contribution in [0.2, 0.25) is 0 Å². The van der Waals surface area contributed by atoms with Crippen molar-refractivity contribution in [2.45, 2.75) is 14.4 Å². The lowest BCUT2D eigenvalue weighted by molar-refractivity contribution is -0.113. The molecule has 1 heterocycles. The number of carbonyl (C=O) groups is 1. The van der Waals surface area contributed by atoms with Crippen LogP contribution >= 0.6 is 34.9 Å². The van der Waals surface area contributed by atoms with Crippen molar-refractivity contribution in [3.8, 4) is 11.5 Å². The molecule has 0 aliphatic rings. The van der Waals surface area contributed by atoms with Crippen molar-refractivity contribution in [2.24, 2.45) is 0 Å². The zero-order valence-corrected chi connectivity index (χ0v) is 18.1. The number of rotatable bonds is 9. The van der Waals surface area contributed by atoms with Crippen LogP contribution in [0.4, 0.5) is 10.1 Å². The number of benzene rings is 2. The van der Waals surface area contributed by atoms with Gasteiger partial charge in [0.2, 0.25) is 5.91 Å². The van der Waals surface area contributed by atoms with Gasteiger partial charge in [-0.3, -0.25) is 4.79 Å². The van der Waals surface area contributed by atoms with Gasteiger partial charge in [-0.1, -0.05) is 47.0 Å². The molecule has 10 heteroatoms. The predicted octanol–water partition coefficient (Wildman–Crippen LogP) is 4.72. The van der Waals surface area contributed by atoms with Gasteiger partial charge in [0, 0.05) is 17.5 Å². The molecular weight excluding hydrogens is 433 g/mol. The minimum Gasteiger partial charge on any atom is -0.493 e. The first-order valence-electron chi connectivity index (χ1n) is 8.43. The number of aromatic nitrogens is 2. The summed E-state index contributed by atoms with van der Waals surface area (Å²) in [6.07, 6.45) is 0. The number of amides is 1. The summed E-state index contributed by atoms with van der Waals surface area (Å²) in [6.45, 7) is 0. The number of nitrogens with zero attached hydrogens (tertiary/aromatic N) is 2. The van der Waals surface area contributed by atoms with E-state index in [-0.39, 0.29) is 17.5 Å². The van der Waals surface area contributed by atoms with Gasteiger partial charge in [-0.05, 0) is 29.8 Å². The van der Waals surface area contributed by atoms with Crippen molar-refractivity contribution in [3.05, 3.63) is 53.8 Å². The van der Waals surface area contributed by atoms with Crippen molar-refractivity contribution in [2.75, 3.05) is 25.3 Å². The number of methoxy groups -OCH3 is 2. The van der Waals surface area contributed by atoms with Crippen LogP contribution in [0, 0.1) is 5.82 Å². The maximum atomic E-state index is 12.9. The Hall–Kier alpha value is -2.30. The van der Waals surface area contributed by atoms with E-state index in [9.17, 15) is 9.18 Å². The fraction of sp³-hybridized carbons (Fsp3) is 0.211. The van der Waals surface area contributed by atoms with Gasteiger partial charge in [0.25, 0.3) is 0 Å². The Morgan fingerprint density at radius 1 is 1.03 bits per heavy atom. The fourth-order valence-corrected chi connectivity index (χ4v) is 5.05. The molecule has 0 aliphatic heterocycles. The summed E-state index contributed by atoms with van der Waals surface area (Å²) in [4.78, 5) is 12.2. The van der Waals surface area contributed by atoms with E-state index < -0.39 is 0 Å². The van der Waals surface area contributed by atoms with Gasteiger partial charge in [-0.2, -0.15) is 0 Å². The Morgan fingerprint density at radius 2 is 1.72 bits per heavy atom. The third-order valence-corrected chi connectivity index (χ3v) is 6.92. The van der Waals surface area contributed by atoms with Crippen molar-refractivity contribution in [3.63, 3.8) is 0 Å². The van der Waals surface area contributed by atoms with Crippen molar-refractivity contribution in [1.82, 2.24) is 10.2 Å². The molecule has 0 saturated heterocycles.